The molecule has 1 aliphatic carbocycles. The average molecular weight is 493 g/mol. The van der Waals surface area contributed by atoms with E-state index in [1.165, 1.54) is 12.1 Å². The van der Waals surface area contributed by atoms with Gasteiger partial charge in [0.15, 0.2) is 5.78 Å². The Morgan fingerprint density at radius 3 is 2.14 bits per heavy atom. The molecule has 4 nitrogen and oxygen atoms in total. The molecule has 0 amide bonds. The van der Waals surface area contributed by atoms with Gasteiger partial charge in [-0.25, -0.2) is 0 Å². The van der Waals surface area contributed by atoms with E-state index >= 15 is 0 Å². The highest BCUT2D eigenvalue weighted by molar-refractivity contribution is 6.01. The summed E-state index contributed by atoms with van der Waals surface area (Å²) >= 11 is 0. The molecule has 0 spiro atoms. The van der Waals surface area contributed by atoms with Crippen LogP contribution in [0.25, 0.3) is 0 Å². The molecule has 2 unspecified atom stereocenters. The number of rotatable bonds is 4. The summed E-state index contributed by atoms with van der Waals surface area (Å²) in [5.41, 5.74) is 3.92. The van der Waals surface area contributed by atoms with Crippen molar-refractivity contribution in [2.75, 3.05) is 10.6 Å². The van der Waals surface area contributed by atoms with Gasteiger partial charge in [0.05, 0.1) is 29.1 Å². The largest absolute Gasteiger partial charge is 0.491 e. The van der Waals surface area contributed by atoms with Gasteiger partial charge in [-0.3, -0.25) is 4.79 Å². The third-order valence-corrected chi connectivity index (χ3v) is 6.60. The molecule has 0 bridgehead atoms. The first-order chi connectivity index (χ1) is 17.2. The molecule has 3 aromatic rings. The molecular formula is C29H27F3N2O2. The Balaban J connectivity index is 1.51. The van der Waals surface area contributed by atoms with E-state index in [0.29, 0.717) is 24.0 Å². The Hall–Kier alpha value is -3.74. The lowest BCUT2D eigenvalue weighted by molar-refractivity contribution is -0.137. The monoisotopic (exact) mass is 492 g/mol. The van der Waals surface area contributed by atoms with Gasteiger partial charge in [0, 0.05) is 17.7 Å². The lowest BCUT2D eigenvalue weighted by Gasteiger charge is -2.30. The van der Waals surface area contributed by atoms with Gasteiger partial charge in [0.25, 0.3) is 0 Å². The Morgan fingerprint density at radius 1 is 0.861 bits per heavy atom. The van der Waals surface area contributed by atoms with Gasteiger partial charge in [-0.2, -0.15) is 13.2 Å². The summed E-state index contributed by atoms with van der Waals surface area (Å²) in [4.78, 5) is 13.6. The standard InChI is InChI=1S/C29H27F3N2O2/c1-17(2)36-22-13-9-18(10-14-22)20-15-25-27(26(35)16-20)28(34-24-6-4-3-5-23(24)33-25)19-7-11-21(12-8-19)29(30,31)32/h3-14,17,20,28,33-34H,15-16H2,1-2H3. The van der Waals surface area contributed by atoms with Crippen LogP contribution < -0.4 is 15.4 Å². The number of hydrogen-bond donors (Lipinski definition) is 2. The van der Waals surface area contributed by atoms with Crippen LogP contribution >= 0.6 is 0 Å². The number of carbonyl (C=O) groups is 1. The first-order valence-electron chi connectivity index (χ1n) is 12.0. The topological polar surface area (TPSA) is 50.4 Å². The summed E-state index contributed by atoms with van der Waals surface area (Å²) in [7, 11) is 0. The minimum absolute atomic E-state index is 0.0182. The fraction of sp³-hybridized carbons (Fsp3) is 0.276. The molecule has 2 atom stereocenters. The minimum atomic E-state index is -4.42. The lowest BCUT2D eigenvalue weighted by atomic mass is 9.78. The molecule has 0 aromatic heterocycles. The van der Waals surface area contributed by atoms with Crippen LogP contribution in [0.2, 0.25) is 0 Å². The maximum atomic E-state index is 13.6. The molecule has 0 saturated carbocycles. The zero-order valence-corrected chi connectivity index (χ0v) is 20.0. The number of benzene rings is 3. The molecular weight excluding hydrogens is 465 g/mol. The summed E-state index contributed by atoms with van der Waals surface area (Å²) in [6.07, 6.45) is -3.42. The maximum absolute atomic E-state index is 13.6. The highest BCUT2D eigenvalue weighted by atomic mass is 19.4. The summed E-state index contributed by atoms with van der Waals surface area (Å²) in [6, 6.07) is 19.9. The number of carbonyl (C=O) groups excluding carboxylic acids is 1. The summed E-state index contributed by atoms with van der Waals surface area (Å²) in [6.45, 7) is 3.94. The van der Waals surface area contributed by atoms with Gasteiger partial charge in [-0.1, -0.05) is 36.4 Å². The SMILES string of the molecule is CC(C)Oc1ccc(C2CC(=O)C3=C(C2)Nc2ccccc2NC3c2ccc(C(F)(F)F)cc2)cc1. The van der Waals surface area contributed by atoms with E-state index in [0.717, 1.165) is 40.5 Å². The molecule has 2 aliphatic rings. The van der Waals surface area contributed by atoms with Crippen molar-refractivity contribution in [2.24, 2.45) is 0 Å². The molecule has 0 radical (unpaired) electrons. The van der Waals surface area contributed by atoms with Crippen LogP contribution in [0, 0.1) is 0 Å². The Labute approximate surface area is 208 Å². The molecule has 3 aromatic carbocycles. The number of fused-ring (bicyclic) bond motifs is 1. The molecule has 0 fully saturated rings. The fourth-order valence-corrected chi connectivity index (χ4v) is 4.93. The van der Waals surface area contributed by atoms with Crippen LogP contribution in [0.4, 0.5) is 24.5 Å². The van der Waals surface area contributed by atoms with Crippen molar-refractivity contribution in [3.05, 3.63) is 101 Å². The molecule has 2 N–H and O–H groups in total. The van der Waals surface area contributed by atoms with Crippen LogP contribution in [-0.2, 0) is 11.0 Å². The zero-order valence-electron chi connectivity index (χ0n) is 20.0. The van der Waals surface area contributed by atoms with E-state index in [1.807, 2.05) is 62.4 Å². The predicted molar refractivity (Wildman–Crippen MR) is 134 cm³/mol. The Bertz CT molecular complexity index is 1300. The van der Waals surface area contributed by atoms with Gasteiger partial charge in [-0.15, -0.1) is 0 Å². The van der Waals surface area contributed by atoms with E-state index in [1.54, 1.807) is 0 Å². The maximum Gasteiger partial charge on any atom is 0.416 e. The van der Waals surface area contributed by atoms with Gasteiger partial charge in [-0.05, 0) is 73.7 Å². The van der Waals surface area contributed by atoms with Crippen LogP contribution in [0.1, 0.15) is 55.3 Å². The quantitative estimate of drug-likeness (QED) is 0.397. The summed E-state index contributed by atoms with van der Waals surface area (Å²) in [5.74, 6) is 0.737. The number of allylic oxidation sites excluding steroid dienone is 1. The third-order valence-electron chi connectivity index (χ3n) is 6.60. The predicted octanol–water partition coefficient (Wildman–Crippen LogP) is 7.47. The molecule has 1 aliphatic heterocycles. The second kappa shape index (κ2) is 9.37. The summed E-state index contributed by atoms with van der Waals surface area (Å²) in [5, 5.41) is 6.86. The number of ketones is 1. The second-order valence-corrected chi connectivity index (χ2v) is 9.52. The van der Waals surface area contributed by atoms with E-state index < -0.39 is 17.8 Å². The number of Topliss-reactive ketones (excluding diaryl/α,β-unsaturated/α-hetero) is 1. The van der Waals surface area contributed by atoms with Crippen molar-refractivity contribution in [3.63, 3.8) is 0 Å². The van der Waals surface area contributed by atoms with Crippen molar-refractivity contribution in [1.29, 1.82) is 0 Å². The van der Waals surface area contributed by atoms with E-state index in [-0.39, 0.29) is 17.8 Å². The van der Waals surface area contributed by atoms with Gasteiger partial charge in [0.1, 0.15) is 5.75 Å². The number of alkyl halides is 3. The molecule has 7 heteroatoms. The van der Waals surface area contributed by atoms with Crippen LogP contribution in [0.5, 0.6) is 5.75 Å². The molecule has 1 heterocycles. The third kappa shape index (κ3) is 4.83. The van der Waals surface area contributed by atoms with Gasteiger partial charge < -0.3 is 15.4 Å². The van der Waals surface area contributed by atoms with Crippen LogP contribution in [0.3, 0.4) is 0 Å². The van der Waals surface area contributed by atoms with E-state index in [2.05, 4.69) is 10.6 Å². The number of nitrogens with one attached hydrogen (secondary N) is 2. The number of para-hydroxylation sites is 2. The first-order valence-corrected chi connectivity index (χ1v) is 12.0. The van der Waals surface area contributed by atoms with Crippen molar-refractivity contribution in [2.45, 2.75) is 50.9 Å². The highest BCUT2D eigenvalue weighted by Gasteiger charge is 2.37. The number of hydrogen-bond acceptors (Lipinski definition) is 4. The first kappa shape index (κ1) is 24.0. The normalized spacial score (nSPS) is 19.7. The zero-order chi connectivity index (χ0) is 25.4. The van der Waals surface area contributed by atoms with Crippen LogP contribution in [0.15, 0.2) is 84.1 Å². The second-order valence-electron chi connectivity index (χ2n) is 9.52. The van der Waals surface area contributed by atoms with Crippen molar-refractivity contribution in [1.82, 2.24) is 0 Å². The van der Waals surface area contributed by atoms with E-state index in [9.17, 15) is 18.0 Å². The van der Waals surface area contributed by atoms with Gasteiger partial charge >= 0.3 is 6.18 Å². The molecule has 5 rings (SSSR count). The van der Waals surface area contributed by atoms with Gasteiger partial charge in [0.2, 0.25) is 0 Å². The smallest absolute Gasteiger partial charge is 0.416 e. The van der Waals surface area contributed by atoms with Crippen LogP contribution in [-0.4, -0.2) is 11.9 Å². The number of halogens is 3. The number of anilines is 2. The highest BCUT2D eigenvalue weighted by Crippen LogP contribution is 2.44. The minimum Gasteiger partial charge on any atom is -0.491 e. The molecule has 0 saturated heterocycles. The van der Waals surface area contributed by atoms with Crippen molar-refractivity contribution in [3.8, 4) is 5.75 Å². The Morgan fingerprint density at radius 2 is 1.50 bits per heavy atom. The average Bonchev–Trinajstić information content (AvgIpc) is 3.00. The fourth-order valence-electron chi connectivity index (χ4n) is 4.93. The summed E-state index contributed by atoms with van der Waals surface area (Å²) < 4.78 is 45.2. The van der Waals surface area contributed by atoms with Crippen molar-refractivity contribution >= 4 is 17.2 Å². The van der Waals surface area contributed by atoms with E-state index in [4.69, 9.17) is 4.74 Å². The molecule has 36 heavy (non-hydrogen) atoms. The Kier molecular flexibility index (Phi) is 6.24. The lowest BCUT2D eigenvalue weighted by Crippen LogP contribution is -2.27. The molecule has 186 valence electrons. The number of ether oxygens (including phenoxy) is 1. The van der Waals surface area contributed by atoms with Crippen molar-refractivity contribution < 1.29 is 22.7 Å².